The summed E-state index contributed by atoms with van der Waals surface area (Å²) in [6.07, 6.45) is 18.7. The molecule has 0 aromatic rings. The van der Waals surface area contributed by atoms with Gasteiger partial charge in [-0.25, -0.2) is 0 Å². The Kier molecular flexibility index (Phi) is 8.17. The molecule has 0 amide bonds. The second kappa shape index (κ2) is 10.3. The third-order valence-corrected chi connectivity index (χ3v) is 17.2. The van der Waals surface area contributed by atoms with Gasteiger partial charge in [-0.1, -0.05) is 73.0 Å². The topological polar surface area (TPSA) is 26.3 Å². The van der Waals surface area contributed by atoms with Gasteiger partial charge in [0.25, 0.3) is 0 Å². The van der Waals surface area contributed by atoms with Crippen LogP contribution in [0.2, 0.25) is 18.1 Å². The van der Waals surface area contributed by atoms with Crippen LogP contribution in [0.5, 0.6) is 0 Å². The Labute approximate surface area is 224 Å². The molecule has 9 atom stereocenters. The van der Waals surface area contributed by atoms with Crippen LogP contribution in [-0.4, -0.2) is 20.7 Å². The summed E-state index contributed by atoms with van der Waals surface area (Å²) in [5, 5.41) is 0.288. The van der Waals surface area contributed by atoms with Gasteiger partial charge in [-0.2, -0.15) is 0 Å². The van der Waals surface area contributed by atoms with E-state index in [9.17, 15) is 4.79 Å². The summed E-state index contributed by atoms with van der Waals surface area (Å²) < 4.78 is 6.93. The molecule has 3 heteroatoms. The summed E-state index contributed by atoms with van der Waals surface area (Å²) >= 11 is 0. The van der Waals surface area contributed by atoms with E-state index >= 15 is 0 Å². The van der Waals surface area contributed by atoms with Crippen LogP contribution in [0.25, 0.3) is 0 Å². The number of hydrogen-bond donors (Lipinski definition) is 0. The quantitative estimate of drug-likeness (QED) is 0.183. The average Bonchev–Trinajstić information content (AvgIpc) is 3.15. The Morgan fingerprint density at radius 1 is 1.06 bits per heavy atom. The summed E-state index contributed by atoms with van der Waals surface area (Å²) in [5.74, 6) is 4.58. The van der Waals surface area contributed by atoms with Crippen LogP contribution in [0.1, 0.15) is 119 Å². The molecule has 4 aliphatic rings. The Hall–Kier alpha value is -0.413. The van der Waals surface area contributed by atoms with Crippen LogP contribution in [0.15, 0.2) is 11.6 Å². The number of carbonyl (C=O) groups excluding carboxylic acids is 1. The zero-order chi connectivity index (χ0) is 26.5. The molecule has 0 radical (unpaired) electrons. The molecule has 4 aliphatic carbocycles. The van der Waals surface area contributed by atoms with Crippen LogP contribution >= 0.6 is 0 Å². The molecule has 0 unspecified atom stereocenters. The van der Waals surface area contributed by atoms with Gasteiger partial charge in [-0.05, 0) is 116 Å². The Balaban J connectivity index is 1.44. The second-order valence-corrected chi connectivity index (χ2v) is 20.5. The highest BCUT2D eigenvalue weighted by Crippen LogP contribution is 2.67. The first-order valence-electron chi connectivity index (χ1n) is 15.6. The summed E-state index contributed by atoms with van der Waals surface area (Å²) in [4.78, 5) is 11.0. The van der Waals surface area contributed by atoms with E-state index in [1.165, 1.54) is 64.2 Å². The minimum absolute atomic E-state index is 0.228. The number of fused-ring (bicyclic) bond motifs is 5. The van der Waals surface area contributed by atoms with Crippen LogP contribution < -0.4 is 0 Å². The van der Waals surface area contributed by atoms with Gasteiger partial charge in [-0.3, -0.25) is 0 Å². The van der Waals surface area contributed by atoms with Crippen molar-refractivity contribution < 1.29 is 9.22 Å². The van der Waals surface area contributed by atoms with Crippen molar-refractivity contribution >= 4 is 14.6 Å². The largest absolute Gasteiger partial charge is 0.414 e. The highest BCUT2D eigenvalue weighted by atomic mass is 28.4. The summed E-state index contributed by atoms with van der Waals surface area (Å²) in [5.41, 5.74) is 2.70. The van der Waals surface area contributed by atoms with Crippen molar-refractivity contribution in [1.82, 2.24) is 0 Å². The molecular formula is C33H58O2Si. The normalized spacial score (nSPS) is 40.5. The average molecular weight is 515 g/mol. The van der Waals surface area contributed by atoms with E-state index in [2.05, 4.69) is 67.6 Å². The lowest BCUT2D eigenvalue weighted by atomic mass is 9.47. The molecule has 3 fully saturated rings. The van der Waals surface area contributed by atoms with E-state index in [0.717, 1.165) is 42.3 Å². The fourth-order valence-corrected chi connectivity index (χ4v) is 10.7. The predicted molar refractivity (Wildman–Crippen MR) is 156 cm³/mol. The molecule has 0 N–H and O–H groups in total. The van der Waals surface area contributed by atoms with Gasteiger partial charge in [0.1, 0.15) is 6.29 Å². The minimum atomic E-state index is -1.72. The first-order chi connectivity index (χ1) is 16.7. The third-order valence-electron chi connectivity index (χ3n) is 12.6. The molecule has 0 aliphatic heterocycles. The van der Waals surface area contributed by atoms with Crippen LogP contribution in [0.3, 0.4) is 0 Å². The molecule has 0 bridgehead atoms. The van der Waals surface area contributed by atoms with Gasteiger partial charge in [0.15, 0.2) is 8.32 Å². The fraction of sp³-hybridized carbons (Fsp3) is 0.909. The molecule has 0 saturated heterocycles. The zero-order valence-corrected chi connectivity index (χ0v) is 26.3. The minimum Gasteiger partial charge on any atom is -0.414 e. The van der Waals surface area contributed by atoms with Gasteiger partial charge in [-0.15, -0.1) is 0 Å². The molecule has 36 heavy (non-hydrogen) atoms. The van der Waals surface area contributed by atoms with Gasteiger partial charge in [0.05, 0.1) is 0 Å². The Morgan fingerprint density at radius 3 is 2.44 bits per heavy atom. The van der Waals surface area contributed by atoms with Crippen molar-refractivity contribution in [2.45, 2.75) is 143 Å². The maximum absolute atomic E-state index is 11.0. The monoisotopic (exact) mass is 514 g/mol. The predicted octanol–water partition coefficient (Wildman–Crippen LogP) is 9.60. The molecule has 0 aromatic heterocycles. The molecule has 0 heterocycles. The van der Waals surface area contributed by atoms with Crippen molar-refractivity contribution in [2.75, 3.05) is 0 Å². The smallest absolute Gasteiger partial charge is 0.192 e. The van der Waals surface area contributed by atoms with Crippen molar-refractivity contribution in [3.8, 4) is 0 Å². The van der Waals surface area contributed by atoms with E-state index in [0.29, 0.717) is 16.9 Å². The van der Waals surface area contributed by atoms with E-state index in [1.54, 1.807) is 5.57 Å². The van der Waals surface area contributed by atoms with E-state index in [-0.39, 0.29) is 11.0 Å². The second-order valence-electron chi connectivity index (χ2n) is 15.8. The van der Waals surface area contributed by atoms with Crippen LogP contribution in [0, 0.1) is 46.3 Å². The van der Waals surface area contributed by atoms with E-state index in [4.69, 9.17) is 4.43 Å². The maximum Gasteiger partial charge on any atom is 0.192 e. The van der Waals surface area contributed by atoms with Crippen LogP contribution in [-0.2, 0) is 9.22 Å². The third kappa shape index (κ3) is 5.10. The standard InChI is InChI=1S/C33H58O2Si/c1-23(22-34)11-10-12-24(2)28-15-16-29-27-14-13-25-21-26(35-36(8,9)31(3,4)5)17-19-32(25,6)30(27)18-20-33(28,29)7/h13,22-24,26-30H,10-12,14-21H2,1-9H3/t23-,24-,26+,27+,28-,29+,30+,32+,33-/m1/s1. The summed E-state index contributed by atoms with van der Waals surface area (Å²) in [7, 11) is -1.72. The van der Waals surface area contributed by atoms with Gasteiger partial charge >= 0.3 is 0 Å². The Bertz CT molecular complexity index is 824. The van der Waals surface area contributed by atoms with E-state index in [1.807, 2.05) is 0 Å². The number of aldehydes is 1. The fourth-order valence-electron chi connectivity index (χ4n) is 9.33. The lowest BCUT2D eigenvalue weighted by molar-refractivity contribution is -0.110. The number of carbonyl (C=O) groups is 1. The number of rotatable bonds is 8. The van der Waals surface area contributed by atoms with Crippen molar-refractivity contribution in [3.05, 3.63) is 11.6 Å². The SMILES string of the molecule is C[C@H](CCC[C@@H](C)C=O)[C@H]1CC[C@H]2[C@@H]3CC=C4C[C@@H](O[Si](C)(C)C(C)(C)C)CC[C@]4(C)[C@H]3CC[C@]12C. The Morgan fingerprint density at radius 2 is 1.78 bits per heavy atom. The van der Waals surface area contributed by atoms with Crippen molar-refractivity contribution in [3.63, 3.8) is 0 Å². The van der Waals surface area contributed by atoms with Gasteiger partial charge in [0, 0.05) is 12.0 Å². The number of hydrogen-bond acceptors (Lipinski definition) is 2. The number of allylic oxidation sites excluding steroid dienone is 1. The van der Waals surface area contributed by atoms with Crippen molar-refractivity contribution in [2.24, 2.45) is 46.3 Å². The summed E-state index contributed by atoms with van der Waals surface area (Å²) in [6, 6.07) is 0. The molecule has 3 saturated carbocycles. The van der Waals surface area contributed by atoms with Gasteiger partial charge < -0.3 is 9.22 Å². The molecule has 0 spiro atoms. The lowest BCUT2D eigenvalue weighted by Gasteiger charge is -2.59. The van der Waals surface area contributed by atoms with E-state index < -0.39 is 8.32 Å². The van der Waals surface area contributed by atoms with Gasteiger partial charge in [0.2, 0.25) is 0 Å². The molecular weight excluding hydrogens is 456 g/mol. The molecule has 0 aromatic carbocycles. The summed E-state index contributed by atoms with van der Waals surface area (Å²) in [6.45, 7) is 21.9. The highest BCUT2D eigenvalue weighted by molar-refractivity contribution is 6.74. The first-order valence-corrected chi connectivity index (χ1v) is 18.5. The highest BCUT2D eigenvalue weighted by Gasteiger charge is 2.59. The molecule has 4 rings (SSSR count). The van der Waals surface area contributed by atoms with Crippen molar-refractivity contribution in [1.29, 1.82) is 0 Å². The molecule has 2 nitrogen and oxygen atoms in total. The maximum atomic E-state index is 11.0. The first kappa shape index (κ1) is 28.6. The lowest BCUT2D eigenvalue weighted by Crippen LogP contribution is -2.52. The molecule has 206 valence electrons. The zero-order valence-electron chi connectivity index (χ0n) is 25.3. The van der Waals surface area contributed by atoms with Crippen LogP contribution in [0.4, 0.5) is 0 Å².